The van der Waals surface area contributed by atoms with Crippen LogP contribution in [0.15, 0.2) is 0 Å². The van der Waals surface area contributed by atoms with Crippen molar-refractivity contribution < 1.29 is 0 Å². The minimum absolute atomic E-state index is 0.857. The van der Waals surface area contributed by atoms with Crippen LogP contribution in [0.1, 0.15) is 40.0 Å². The van der Waals surface area contributed by atoms with Crippen LogP contribution in [0.25, 0.3) is 0 Å². The number of likely N-dealkylation sites (tertiary alicyclic amines) is 2. The fourth-order valence-electron chi connectivity index (χ4n) is 2.00. The van der Waals surface area contributed by atoms with Crippen LogP contribution in [0, 0.1) is 5.92 Å². The molecule has 2 nitrogen and oxygen atoms in total. The molecule has 0 aromatic rings. The third kappa shape index (κ3) is 5.53. The highest BCUT2D eigenvalue weighted by Gasteiger charge is 2.13. The first kappa shape index (κ1) is 13.0. The van der Waals surface area contributed by atoms with E-state index in [1.165, 1.54) is 58.5 Å². The summed E-state index contributed by atoms with van der Waals surface area (Å²) in [6.45, 7) is 14.8. The topological polar surface area (TPSA) is 6.48 Å². The lowest BCUT2D eigenvalue weighted by atomic mass is 10.1. The highest BCUT2D eigenvalue weighted by Crippen LogP contribution is 2.07. The van der Waals surface area contributed by atoms with Crippen molar-refractivity contribution >= 4 is 0 Å². The summed E-state index contributed by atoms with van der Waals surface area (Å²) in [5, 5.41) is 0. The minimum atomic E-state index is 0.857. The molecule has 0 atom stereocenters. The van der Waals surface area contributed by atoms with E-state index in [4.69, 9.17) is 0 Å². The summed E-state index contributed by atoms with van der Waals surface area (Å²) >= 11 is 0. The van der Waals surface area contributed by atoms with Crippen LogP contribution in [0.5, 0.6) is 0 Å². The Hall–Kier alpha value is -0.0800. The molecule has 0 radical (unpaired) electrons. The molecule has 0 N–H and O–H groups in total. The molecule has 0 saturated carbocycles. The zero-order chi connectivity index (χ0) is 11.1. The predicted octanol–water partition coefficient (Wildman–Crippen LogP) is 2.45. The molecule has 0 unspecified atom stereocenters. The van der Waals surface area contributed by atoms with E-state index in [1.807, 2.05) is 0 Å². The summed E-state index contributed by atoms with van der Waals surface area (Å²) in [4.78, 5) is 4.99. The van der Waals surface area contributed by atoms with E-state index in [0.29, 0.717) is 0 Å². The van der Waals surface area contributed by atoms with Crippen molar-refractivity contribution in [3.63, 3.8) is 0 Å². The molecule has 0 aromatic carbocycles. The Balaban J connectivity index is 0.000000151. The lowest BCUT2D eigenvalue weighted by molar-refractivity contribution is 0.161. The molecule has 2 heterocycles. The molecule has 2 aliphatic heterocycles. The van der Waals surface area contributed by atoms with Crippen molar-refractivity contribution in [1.82, 2.24) is 9.80 Å². The molecular formula is C13H28N2. The van der Waals surface area contributed by atoms with Gasteiger partial charge in [-0.1, -0.05) is 20.8 Å². The van der Waals surface area contributed by atoms with Crippen LogP contribution in [0.4, 0.5) is 0 Å². The zero-order valence-corrected chi connectivity index (χ0v) is 10.8. The normalized spacial score (nSPS) is 21.6. The highest BCUT2D eigenvalue weighted by molar-refractivity contribution is 4.68. The first-order valence-corrected chi connectivity index (χ1v) is 6.67. The van der Waals surface area contributed by atoms with Gasteiger partial charge in [-0.25, -0.2) is 0 Å². The largest absolute Gasteiger partial charge is 0.303 e. The third-order valence-corrected chi connectivity index (χ3v) is 3.06. The van der Waals surface area contributed by atoms with Gasteiger partial charge in [0.25, 0.3) is 0 Å². The molecule has 2 saturated heterocycles. The van der Waals surface area contributed by atoms with Gasteiger partial charge in [-0.05, 0) is 57.9 Å². The van der Waals surface area contributed by atoms with Gasteiger partial charge < -0.3 is 9.80 Å². The van der Waals surface area contributed by atoms with Gasteiger partial charge in [0.15, 0.2) is 0 Å². The quantitative estimate of drug-likeness (QED) is 0.706. The molecule has 2 heteroatoms. The Labute approximate surface area is 95.6 Å². The zero-order valence-electron chi connectivity index (χ0n) is 10.8. The molecule has 0 bridgehead atoms. The van der Waals surface area contributed by atoms with Crippen LogP contribution in [-0.4, -0.2) is 49.1 Å². The Morgan fingerprint density at radius 1 is 0.933 bits per heavy atom. The molecule has 2 aliphatic rings. The summed E-state index contributed by atoms with van der Waals surface area (Å²) in [6, 6.07) is 0. The first-order chi connectivity index (χ1) is 7.22. The van der Waals surface area contributed by atoms with E-state index in [2.05, 4.69) is 30.6 Å². The van der Waals surface area contributed by atoms with Gasteiger partial charge in [0.2, 0.25) is 0 Å². The van der Waals surface area contributed by atoms with Crippen molar-refractivity contribution in [3.05, 3.63) is 0 Å². The van der Waals surface area contributed by atoms with Crippen molar-refractivity contribution in [3.8, 4) is 0 Å². The summed E-state index contributed by atoms with van der Waals surface area (Å²) in [7, 11) is 0. The molecule has 2 rings (SSSR count). The highest BCUT2D eigenvalue weighted by atomic mass is 15.2. The van der Waals surface area contributed by atoms with Crippen molar-refractivity contribution in [1.29, 1.82) is 0 Å². The first-order valence-electron chi connectivity index (χ1n) is 6.67. The lowest BCUT2D eigenvalue weighted by Gasteiger charge is -2.31. The van der Waals surface area contributed by atoms with Crippen LogP contribution >= 0.6 is 0 Å². The van der Waals surface area contributed by atoms with Crippen LogP contribution in [0.2, 0.25) is 0 Å². The summed E-state index contributed by atoms with van der Waals surface area (Å²) in [5.41, 5.74) is 0. The van der Waals surface area contributed by atoms with Crippen LogP contribution in [-0.2, 0) is 0 Å². The van der Waals surface area contributed by atoms with Gasteiger partial charge in [0, 0.05) is 6.54 Å². The molecule has 90 valence electrons. The van der Waals surface area contributed by atoms with Crippen LogP contribution in [0.3, 0.4) is 0 Å². The SMILES string of the molecule is CC(C)CN1CCC1.CCCN1CCC1. The fraction of sp³-hybridized carbons (Fsp3) is 1.00. The standard InChI is InChI=1S/C7H15N.C6H13N/c1-7(2)6-8-4-3-5-8;1-2-4-7-5-3-6-7/h7H,3-6H2,1-2H3;2-6H2,1H3. The summed E-state index contributed by atoms with van der Waals surface area (Å²) in [5.74, 6) is 0.857. The maximum Gasteiger partial charge on any atom is 0.000440 e. The Morgan fingerprint density at radius 2 is 1.47 bits per heavy atom. The Bertz CT molecular complexity index is 149. The van der Waals surface area contributed by atoms with Gasteiger partial charge in [-0.2, -0.15) is 0 Å². The molecule has 0 aliphatic carbocycles. The van der Waals surface area contributed by atoms with E-state index >= 15 is 0 Å². The number of hydrogen-bond donors (Lipinski definition) is 0. The van der Waals surface area contributed by atoms with E-state index in [0.717, 1.165) is 5.92 Å². The molecule has 0 amide bonds. The second-order valence-corrected chi connectivity index (χ2v) is 5.24. The molecule has 2 fully saturated rings. The summed E-state index contributed by atoms with van der Waals surface area (Å²) < 4.78 is 0. The van der Waals surface area contributed by atoms with E-state index in [1.54, 1.807) is 0 Å². The van der Waals surface area contributed by atoms with Gasteiger partial charge in [-0.3, -0.25) is 0 Å². The molecule has 15 heavy (non-hydrogen) atoms. The lowest BCUT2D eigenvalue weighted by Crippen LogP contribution is -2.39. The molecule has 0 spiro atoms. The molecular weight excluding hydrogens is 184 g/mol. The second-order valence-electron chi connectivity index (χ2n) is 5.24. The van der Waals surface area contributed by atoms with Crippen LogP contribution < -0.4 is 0 Å². The Morgan fingerprint density at radius 3 is 1.60 bits per heavy atom. The summed E-state index contributed by atoms with van der Waals surface area (Å²) in [6.07, 6.45) is 4.17. The predicted molar refractivity (Wildman–Crippen MR) is 67.2 cm³/mol. The third-order valence-electron chi connectivity index (χ3n) is 3.06. The molecule has 0 aromatic heterocycles. The van der Waals surface area contributed by atoms with Gasteiger partial charge >= 0.3 is 0 Å². The van der Waals surface area contributed by atoms with Gasteiger partial charge in [0.05, 0.1) is 0 Å². The number of hydrogen-bond acceptors (Lipinski definition) is 2. The minimum Gasteiger partial charge on any atom is -0.303 e. The van der Waals surface area contributed by atoms with E-state index in [9.17, 15) is 0 Å². The van der Waals surface area contributed by atoms with Gasteiger partial charge in [0.1, 0.15) is 0 Å². The van der Waals surface area contributed by atoms with Crippen molar-refractivity contribution in [2.75, 3.05) is 39.3 Å². The average Bonchev–Trinajstić information content (AvgIpc) is 2.06. The number of rotatable bonds is 4. The second kappa shape index (κ2) is 7.24. The van der Waals surface area contributed by atoms with E-state index < -0.39 is 0 Å². The van der Waals surface area contributed by atoms with E-state index in [-0.39, 0.29) is 0 Å². The monoisotopic (exact) mass is 212 g/mol. The van der Waals surface area contributed by atoms with Crippen molar-refractivity contribution in [2.24, 2.45) is 5.92 Å². The Kier molecular flexibility index (Phi) is 6.26. The maximum absolute atomic E-state index is 2.50. The maximum atomic E-state index is 2.50. The average molecular weight is 212 g/mol. The smallest absolute Gasteiger partial charge is 0.000440 e. The van der Waals surface area contributed by atoms with Crippen molar-refractivity contribution in [2.45, 2.75) is 40.0 Å². The van der Waals surface area contributed by atoms with Gasteiger partial charge in [-0.15, -0.1) is 0 Å². The number of nitrogens with zero attached hydrogens (tertiary/aromatic N) is 2. The fourth-order valence-corrected chi connectivity index (χ4v) is 2.00.